The molecule has 2 N–H and O–H groups in total. The predicted octanol–water partition coefficient (Wildman–Crippen LogP) is 0.965. The Labute approximate surface area is 145 Å². The van der Waals surface area contributed by atoms with Crippen LogP contribution in [0.1, 0.15) is 30.9 Å². The lowest BCUT2D eigenvalue weighted by Gasteiger charge is -2.27. The number of methoxy groups -OCH3 is 2. The van der Waals surface area contributed by atoms with Crippen molar-refractivity contribution in [2.24, 2.45) is 0 Å². The lowest BCUT2D eigenvalue weighted by atomic mass is 10.0. The normalized spacial score (nSPS) is 22.6. The summed E-state index contributed by atoms with van der Waals surface area (Å²) in [7, 11) is 3.18. The molecule has 2 saturated heterocycles. The number of amides is 4. The highest BCUT2D eigenvalue weighted by atomic mass is 16.5. The van der Waals surface area contributed by atoms with E-state index in [4.69, 9.17) is 9.47 Å². The quantitative estimate of drug-likeness (QED) is 0.774. The third-order valence-corrected chi connectivity index (χ3v) is 4.61. The SMILES string of the molecule is COc1ccc(OC)c([C@H]2CCCN2C(=O)C[C@H]2NC(=O)NC2=O)c1. The summed E-state index contributed by atoms with van der Waals surface area (Å²) < 4.78 is 10.7. The van der Waals surface area contributed by atoms with Gasteiger partial charge in [0.1, 0.15) is 17.5 Å². The molecule has 1 aromatic rings. The standard InChI is InChI=1S/C17H21N3O5/c1-24-10-5-6-14(25-2)11(8-10)13-4-3-7-20(13)15(21)9-12-16(22)19-17(23)18-12/h5-6,8,12-13H,3-4,7,9H2,1-2H3,(H2,18,19,22,23)/t12-,13-/m1/s1. The van der Waals surface area contributed by atoms with Gasteiger partial charge < -0.3 is 19.7 Å². The lowest BCUT2D eigenvalue weighted by Crippen LogP contribution is -2.38. The average Bonchev–Trinajstić information content (AvgIpc) is 3.21. The van der Waals surface area contributed by atoms with Gasteiger partial charge in [0.2, 0.25) is 5.91 Å². The van der Waals surface area contributed by atoms with Gasteiger partial charge in [0, 0.05) is 12.1 Å². The van der Waals surface area contributed by atoms with Gasteiger partial charge in [-0.25, -0.2) is 4.79 Å². The van der Waals surface area contributed by atoms with Gasteiger partial charge in [-0.2, -0.15) is 0 Å². The van der Waals surface area contributed by atoms with Gasteiger partial charge >= 0.3 is 6.03 Å². The maximum absolute atomic E-state index is 12.7. The zero-order valence-corrected chi connectivity index (χ0v) is 14.2. The molecule has 2 aliphatic heterocycles. The van der Waals surface area contributed by atoms with E-state index in [0.717, 1.165) is 18.4 Å². The first-order valence-corrected chi connectivity index (χ1v) is 8.16. The minimum absolute atomic E-state index is 0.0552. The van der Waals surface area contributed by atoms with Crippen molar-refractivity contribution < 1.29 is 23.9 Å². The number of urea groups is 1. The number of carbonyl (C=O) groups is 3. The number of benzene rings is 1. The first kappa shape index (κ1) is 17.1. The Morgan fingerprint density at radius 2 is 2.08 bits per heavy atom. The maximum Gasteiger partial charge on any atom is 0.322 e. The number of rotatable bonds is 5. The third kappa shape index (κ3) is 3.38. The molecule has 4 amide bonds. The van der Waals surface area contributed by atoms with Crippen LogP contribution in [0.15, 0.2) is 18.2 Å². The highest BCUT2D eigenvalue weighted by molar-refractivity contribution is 6.05. The van der Waals surface area contributed by atoms with Crippen LogP contribution in [0.2, 0.25) is 0 Å². The second-order valence-corrected chi connectivity index (χ2v) is 6.07. The molecule has 1 aromatic carbocycles. The van der Waals surface area contributed by atoms with Gasteiger partial charge in [-0.15, -0.1) is 0 Å². The van der Waals surface area contributed by atoms with E-state index in [9.17, 15) is 14.4 Å². The van der Waals surface area contributed by atoms with E-state index in [0.29, 0.717) is 18.0 Å². The fourth-order valence-electron chi connectivity index (χ4n) is 3.38. The van der Waals surface area contributed by atoms with Gasteiger partial charge in [0.05, 0.1) is 26.7 Å². The van der Waals surface area contributed by atoms with Crippen molar-refractivity contribution in [2.75, 3.05) is 20.8 Å². The number of likely N-dealkylation sites (tertiary alicyclic amines) is 1. The molecule has 8 nitrogen and oxygen atoms in total. The Kier molecular flexibility index (Phi) is 4.78. The number of imide groups is 1. The van der Waals surface area contributed by atoms with Gasteiger partial charge in [-0.1, -0.05) is 0 Å². The highest BCUT2D eigenvalue weighted by Crippen LogP contribution is 2.39. The molecule has 2 aliphatic rings. The fourth-order valence-corrected chi connectivity index (χ4v) is 3.38. The minimum Gasteiger partial charge on any atom is -0.497 e. The van der Waals surface area contributed by atoms with Crippen molar-refractivity contribution in [3.05, 3.63) is 23.8 Å². The molecule has 0 aliphatic carbocycles. The van der Waals surface area contributed by atoms with E-state index < -0.39 is 18.0 Å². The van der Waals surface area contributed by atoms with E-state index in [-0.39, 0.29) is 18.4 Å². The van der Waals surface area contributed by atoms with Crippen molar-refractivity contribution in [1.82, 2.24) is 15.5 Å². The smallest absolute Gasteiger partial charge is 0.322 e. The van der Waals surface area contributed by atoms with Crippen molar-refractivity contribution in [3.8, 4) is 11.5 Å². The molecule has 0 aromatic heterocycles. The monoisotopic (exact) mass is 347 g/mol. The van der Waals surface area contributed by atoms with E-state index in [1.165, 1.54) is 0 Å². The van der Waals surface area contributed by atoms with E-state index in [1.807, 2.05) is 18.2 Å². The van der Waals surface area contributed by atoms with Crippen LogP contribution in [0, 0.1) is 0 Å². The van der Waals surface area contributed by atoms with Gasteiger partial charge in [-0.3, -0.25) is 14.9 Å². The number of ether oxygens (including phenoxy) is 2. The Morgan fingerprint density at radius 1 is 1.28 bits per heavy atom. The maximum atomic E-state index is 12.7. The van der Waals surface area contributed by atoms with Gasteiger partial charge in [0.25, 0.3) is 5.91 Å². The molecule has 2 fully saturated rings. The van der Waals surface area contributed by atoms with Crippen LogP contribution in [-0.2, 0) is 9.59 Å². The summed E-state index contributed by atoms with van der Waals surface area (Å²) in [6.07, 6.45) is 1.61. The van der Waals surface area contributed by atoms with E-state index in [1.54, 1.807) is 19.1 Å². The molecule has 2 atom stereocenters. The average molecular weight is 347 g/mol. The summed E-state index contributed by atoms with van der Waals surface area (Å²) in [4.78, 5) is 37.3. The second kappa shape index (κ2) is 7.00. The molecule has 0 radical (unpaired) electrons. The summed E-state index contributed by atoms with van der Waals surface area (Å²) in [6.45, 7) is 0.603. The van der Waals surface area contributed by atoms with E-state index >= 15 is 0 Å². The van der Waals surface area contributed by atoms with Crippen LogP contribution in [0.25, 0.3) is 0 Å². The molecular formula is C17H21N3O5. The summed E-state index contributed by atoms with van der Waals surface area (Å²) in [5, 5.41) is 4.60. The summed E-state index contributed by atoms with van der Waals surface area (Å²) >= 11 is 0. The van der Waals surface area contributed by atoms with Crippen molar-refractivity contribution in [2.45, 2.75) is 31.3 Å². The second-order valence-electron chi connectivity index (χ2n) is 6.07. The van der Waals surface area contributed by atoms with Gasteiger partial charge in [0.15, 0.2) is 0 Å². The number of nitrogens with one attached hydrogen (secondary N) is 2. The minimum atomic E-state index is -0.812. The molecular weight excluding hydrogens is 326 g/mol. The van der Waals surface area contributed by atoms with Crippen LogP contribution >= 0.6 is 0 Å². The number of carbonyl (C=O) groups excluding carboxylic acids is 3. The molecule has 134 valence electrons. The van der Waals surface area contributed by atoms with Crippen molar-refractivity contribution in [3.63, 3.8) is 0 Å². The molecule has 25 heavy (non-hydrogen) atoms. The fraction of sp³-hybridized carbons (Fsp3) is 0.471. The van der Waals surface area contributed by atoms with Crippen LogP contribution in [0.3, 0.4) is 0 Å². The molecule has 2 heterocycles. The van der Waals surface area contributed by atoms with Gasteiger partial charge in [-0.05, 0) is 31.0 Å². The Balaban J connectivity index is 1.79. The van der Waals surface area contributed by atoms with Crippen molar-refractivity contribution >= 4 is 17.8 Å². The predicted molar refractivity (Wildman–Crippen MR) is 88.3 cm³/mol. The highest BCUT2D eigenvalue weighted by Gasteiger charge is 2.37. The van der Waals surface area contributed by atoms with Crippen molar-refractivity contribution in [1.29, 1.82) is 0 Å². The van der Waals surface area contributed by atoms with Crippen LogP contribution in [-0.4, -0.2) is 49.6 Å². The molecule has 0 unspecified atom stereocenters. The first-order valence-electron chi connectivity index (χ1n) is 8.16. The number of hydrogen-bond acceptors (Lipinski definition) is 5. The van der Waals surface area contributed by atoms with E-state index in [2.05, 4.69) is 10.6 Å². The molecule has 8 heteroatoms. The Hall–Kier alpha value is -2.77. The molecule has 3 rings (SSSR count). The molecule has 0 saturated carbocycles. The zero-order valence-electron chi connectivity index (χ0n) is 14.2. The zero-order chi connectivity index (χ0) is 18.0. The lowest BCUT2D eigenvalue weighted by molar-refractivity contribution is -0.134. The summed E-state index contributed by atoms with van der Waals surface area (Å²) in [5.41, 5.74) is 0.882. The Morgan fingerprint density at radius 3 is 2.72 bits per heavy atom. The Bertz CT molecular complexity index is 706. The number of nitrogens with zero attached hydrogens (tertiary/aromatic N) is 1. The van der Waals surface area contributed by atoms with Crippen LogP contribution in [0.5, 0.6) is 11.5 Å². The largest absolute Gasteiger partial charge is 0.497 e. The first-order chi connectivity index (χ1) is 12.0. The topological polar surface area (TPSA) is 97.0 Å². The number of hydrogen-bond donors (Lipinski definition) is 2. The summed E-state index contributed by atoms with van der Waals surface area (Å²) in [5.74, 6) is 0.748. The molecule has 0 bridgehead atoms. The van der Waals surface area contributed by atoms with Crippen LogP contribution in [0.4, 0.5) is 4.79 Å². The van der Waals surface area contributed by atoms with Crippen LogP contribution < -0.4 is 20.1 Å². The third-order valence-electron chi connectivity index (χ3n) is 4.61. The summed E-state index contributed by atoms with van der Waals surface area (Å²) in [6, 6.07) is 3.99. The molecule has 0 spiro atoms.